The lowest BCUT2D eigenvalue weighted by Gasteiger charge is -2.33. The Morgan fingerprint density at radius 2 is 1.85 bits per heavy atom. The number of halogens is 3. The van der Waals surface area contributed by atoms with Crippen LogP contribution in [0, 0.1) is 23.7 Å². The molecule has 1 amide bonds. The van der Waals surface area contributed by atoms with Gasteiger partial charge < -0.3 is 19.5 Å². The Balaban J connectivity index is 1.08. The molecule has 2 saturated heterocycles. The molecule has 1 N–H and O–H groups in total. The highest BCUT2D eigenvalue weighted by atomic mass is 32.1. The van der Waals surface area contributed by atoms with E-state index >= 15 is 0 Å². The summed E-state index contributed by atoms with van der Waals surface area (Å²) in [6.07, 6.45) is 3.10. The lowest BCUT2D eigenvalue weighted by Crippen LogP contribution is -2.49. The van der Waals surface area contributed by atoms with E-state index in [1.165, 1.54) is 6.33 Å². The lowest BCUT2D eigenvalue weighted by atomic mass is 10.0. The van der Waals surface area contributed by atoms with Gasteiger partial charge in [-0.1, -0.05) is 0 Å². The van der Waals surface area contributed by atoms with E-state index in [4.69, 9.17) is 11.2 Å². The van der Waals surface area contributed by atoms with Crippen molar-refractivity contribution in [2.24, 2.45) is 0 Å². The van der Waals surface area contributed by atoms with Crippen molar-refractivity contribution in [1.82, 2.24) is 29.2 Å². The number of thiophene rings is 1. The lowest BCUT2D eigenvalue weighted by molar-refractivity contribution is -0.127. The van der Waals surface area contributed by atoms with Gasteiger partial charge in [0.05, 0.1) is 24.4 Å². The number of carbonyl (C=O) groups is 1. The molecule has 0 unspecified atom stereocenters. The first-order valence-corrected chi connectivity index (χ1v) is 16.3. The molecule has 0 bridgehead atoms. The van der Waals surface area contributed by atoms with E-state index in [0.29, 0.717) is 47.9 Å². The highest BCUT2D eigenvalue weighted by Crippen LogP contribution is 2.34. The molecule has 4 aromatic rings. The van der Waals surface area contributed by atoms with Crippen LogP contribution in [0.1, 0.15) is 29.0 Å². The zero-order valence-corrected chi connectivity index (χ0v) is 26.8. The average Bonchev–Trinajstić information content (AvgIpc) is 3.63. The number of methoxy groups -OCH3 is 1. The molecule has 2 fully saturated rings. The molecule has 0 atom stereocenters. The molecule has 0 radical (unpaired) electrons. The molecule has 3 aromatic heterocycles. The molecule has 0 aliphatic carbocycles. The smallest absolute Gasteiger partial charge is 0.393 e. The van der Waals surface area contributed by atoms with Crippen molar-refractivity contribution in [3.05, 3.63) is 46.7 Å². The summed E-state index contributed by atoms with van der Waals surface area (Å²) in [4.78, 5) is 27.4. The predicted octanol–water partition coefficient (Wildman–Crippen LogP) is 4.48. The van der Waals surface area contributed by atoms with Crippen LogP contribution in [0.2, 0.25) is 0 Å². The molecule has 14 heteroatoms. The maximum absolute atomic E-state index is 12.9. The number of anilines is 1. The number of nitrogens with zero attached hydrogens (tertiary/aromatic N) is 7. The summed E-state index contributed by atoms with van der Waals surface area (Å²) < 4.78 is 46.7. The van der Waals surface area contributed by atoms with E-state index in [1.807, 2.05) is 16.7 Å². The van der Waals surface area contributed by atoms with Crippen LogP contribution < -0.4 is 10.1 Å². The number of ether oxygens (including phenoxy) is 1. The van der Waals surface area contributed by atoms with Crippen molar-refractivity contribution in [3.8, 4) is 24.2 Å². The van der Waals surface area contributed by atoms with Gasteiger partial charge >= 0.3 is 6.18 Å². The third-order valence-electron chi connectivity index (χ3n) is 8.92. The van der Waals surface area contributed by atoms with E-state index in [0.717, 1.165) is 79.1 Å². The third-order valence-corrected chi connectivity index (χ3v) is 9.96. The molecule has 1 aromatic carbocycles. The summed E-state index contributed by atoms with van der Waals surface area (Å²) in [7, 11) is 1.66. The fraction of sp³-hybridized carbons (Fsp3) is 0.455. The van der Waals surface area contributed by atoms with Crippen LogP contribution in [0.15, 0.2) is 30.6 Å². The van der Waals surface area contributed by atoms with Gasteiger partial charge in [-0.05, 0) is 37.0 Å². The molecule has 2 aliphatic rings. The van der Waals surface area contributed by atoms with E-state index in [2.05, 4.69) is 43.1 Å². The largest absolute Gasteiger partial charge is 0.496 e. The first kappa shape index (κ1) is 32.6. The number of likely N-dealkylation sites (tertiary alicyclic amines) is 1. The molecule has 10 nitrogen and oxygen atoms in total. The first-order chi connectivity index (χ1) is 22.6. The van der Waals surface area contributed by atoms with Crippen LogP contribution in [-0.2, 0) is 24.3 Å². The minimum Gasteiger partial charge on any atom is -0.496 e. The van der Waals surface area contributed by atoms with Gasteiger partial charge in [0.1, 0.15) is 34.5 Å². The Morgan fingerprint density at radius 1 is 1.09 bits per heavy atom. The Kier molecular flexibility index (Phi) is 9.55. The molecule has 246 valence electrons. The minimum atomic E-state index is -4.27. The van der Waals surface area contributed by atoms with Crippen LogP contribution in [0.4, 0.5) is 19.0 Å². The second kappa shape index (κ2) is 13.8. The molecular weight excluding hydrogens is 629 g/mol. The number of benzene rings is 1. The number of carbonyl (C=O) groups excluding carboxylic acids is 1. The van der Waals surface area contributed by atoms with E-state index < -0.39 is 12.6 Å². The van der Waals surface area contributed by atoms with Crippen molar-refractivity contribution in [2.75, 3.05) is 58.2 Å². The average molecular weight is 665 g/mol. The molecule has 2 aliphatic heterocycles. The fourth-order valence-electron chi connectivity index (χ4n) is 6.47. The van der Waals surface area contributed by atoms with Gasteiger partial charge in [-0.2, -0.15) is 18.4 Å². The minimum absolute atomic E-state index is 0.132. The maximum atomic E-state index is 12.9. The maximum Gasteiger partial charge on any atom is 0.393 e. The second-order valence-corrected chi connectivity index (χ2v) is 13.0. The Labute approximate surface area is 274 Å². The van der Waals surface area contributed by atoms with E-state index in [9.17, 15) is 23.2 Å². The third kappa shape index (κ3) is 7.46. The molecule has 5 heterocycles. The van der Waals surface area contributed by atoms with Crippen molar-refractivity contribution in [1.29, 1.82) is 5.26 Å². The molecule has 6 rings (SSSR count). The van der Waals surface area contributed by atoms with Gasteiger partial charge in [-0.25, -0.2) is 9.97 Å². The summed E-state index contributed by atoms with van der Waals surface area (Å²) in [5, 5.41) is 15.0. The monoisotopic (exact) mass is 664 g/mol. The second-order valence-electron chi connectivity index (χ2n) is 11.9. The van der Waals surface area contributed by atoms with Crippen LogP contribution in [0.5, 0.6) is 5.75 Å². The standard InChI is InChI=1S/C33H35F3N8O2S/c1-3-30(45)43-11-8-41(9-12-43)10-13-44-25(19-37)15-22-14-23(29(46-2)17-28(22)44)20-42-6-4-24(5-7-42)40-31-27-16-26(18-33(34,35)36)47-32(27)39-21-38-31/h1,14-17,21,24H,4-13,18,20H2,2H3,(H,38,39,40). The number of nitrogens with one attached hydrogen (secondary N) is 1. The number of piperazine rings is 1. The molecule has 47 heavy (non-hydrogen) atoms. The van der Waals surface area contributed by atoms with Gasteiger partial charge in [0.15, 0.2) is 0 Å². The first-order valence-electron chi connectivity index (χ1n) is 15.5. The van der Waals surface area contributed by atoms with Crippen molar-refractivity contribution >= 4 is 44.2 Å². The summed E-state index contributed by atoms with van der Waals surface area (Å²) in [6, 6.07) is 10.1. The fourth-order valence-corrected chi connectivity index (χ4v) is 7.49. The number of alkyl halides is 3. The number of hydrogen-bond donors (Lipinski definition) is 1. The Bertz CT molecular complexity index is 1840. The van der Waals surface area contributed by atoms with Crippen LogP contribution >= 0.6 is 11.3 Å². The van der Waals surface area contributed by atoms with Crippen LogP contribution in [0.3, 0.4) is 0 Å². The van der Waals surface area contributed by atoms with Crippen molar-refractivity contribution < 1.29 is 22.7 Å². The van der Waals surface area contributed by atoms with Gasteiger partial charge in [0, 0.05) is 86.8 Å². The quantitative estimate of drug-likeness (QED) is 0.262. The van der Waals surface area contributed by atoms with E-state index in [-0.39, 0.29) is 16.8 Å². The number of hydrogen-bond acceptors (Lipinski definition) is 9. The van der Waals surface area contributed by atoms with Crippen LogP contribution in [0.25, 0.3) is 21.1 Å². The zero-order valence-electron chi connectivity index (χ0n) is 26.0. The molecule has 0 spiro atoms. The highest BCUT2D eigenvalue weighted by molar-refractivity contribution is 7.18. The SMILES string of the molecule is C#CC(=O)N1CCN(CCn2c(C#N)cc3cc(CN4CCC(Nc5ncnc6sc(CC(F)(F)F)cc56)CC4)c(OC)cc32)CC1. The Hall–Kier alpha value is -4.37. The predicted molar refractivity (Wildman–Crippen MR) is 174 cm³/mol. The number of piperidine rings is 1. The number of nitriles is 1. The normalized spacial score (nSPS) is 16.8. The highest BCUT2D eigenvalue weighted by Gasteiger charge is 2.29. The Morgan fingerprint density at radius 3 is 2.53 bits per heavy atom. The summed E-state index contributed by atoms with van der Waals surface area (Å²) in [6.45, 7) is 6.34. The number of terminal acetylenes is 1. The molecular formula is C33H35F3N8O2S. The van der Waals surface area contributed by atoms with Gasteiger partial charge in [-0.3, -0.25) is 14.6 Å². The van der Waals surface area contributed by atoms with Gasteiger partial charge in [0.2, 0.25) is 0 Å². The molecule has 0 saturated carbocycles. The topological polar surface area (TPSA) is 103 Å². The number of aromatic nitrogens is 3. The summed E-state index contributed by atoms with van der Waals surface area (Å²) in [5.74, 6) is 3.24. The zero-order chi connectivity index (χ0) is 33.1. The van der Waals surface area contributed by atoms with Crippen LogP contribution in [-0.4, -0.2) is 100 Å². The van der Waals surface area contributed by atoms with Gasteiger partial charge in [0.25, 0.3) is 5.91 Å². The van der Waals surface area contributed by atoms with Crippen molar-refractivity contribution in [2.45, 2.75) is 44.6 Å². The van der Waals surface area contributed by atoms with E-state index in [1.54, 1.807) is 18.1 Å². The summed E-state index contributed by atoms with van der Waals surface area (Å²) >= 11 is 1.05. The van der Waals surface area contributed by atoms with Gasteiger partial charge in [-0.15, -0.1) is 17.8 Å². The number of amides is 1. The number of rotatable bonds is 9. The number of fused-ring (bicyclic) bond motifs is 2. The summed E-state index contributed by atoms with van der Waals surface area (Å²) in [5.41, 5.74) is 2.56. The van der Waals surface area contributed by atoms with Crippen molar-refractivity contribution in [3.63, 3.8) is 0 Å².